The lowest BCUT2D eigenvalue weighted by molar-refractivity contribution is -0.149. The maximum absolute atomic E-state index is 14.7. The van der Waals surface area contributed by atoms with E-state index in [4.69, 9.17) is 17.2 Å². The Balaban J connectivity index is 1.69. The fourth-order valence-corrected chi connectivity index (χ4v) is 9.50. The molecule has 24 heteroatoms. The minimum atomic E-state index is -1.72. The molecule has 3 heterocycles. The van der Waals surface area contributed by atoms with Crippen LogP contribution in [0.15, 0.2) is 24.3 Å². The molecule has 69 heavy (non-hydrogen) atoms. The van der Waals surface area contributed by atoms with Crippen LogP contribution >= 0.6 is 11.8 Å². The van der Waals surface area contributed by atoms with E-state index in [1.54, 1.807) is 26.0 Å². The fraction of sp³-hybridized carbons (Fsp3) is 0.622. The van der Waals surface area contributed by atoms with Gasteiger partial charge in [0.15, 0.2) is 0 Å². The minimum Gasteiger partial charge on any atom is -0.508 e. The van der Waals surface area contributed by atoms with E-state index in [0.717, 1.165) is 0 Å². The van der Waals surface area contributed by atoms with Crippen LogP contribution in [-0.2, 0) is 59.2 Å². The second kappa shape index (κ2) is 25.2. The average molecular weight is 986 g/mol. The molecule has 1 saturated carbocycles. The molecule has 2 bridgehead atoms. The molecular formula is C45H67N11O12S. The maximum atomic E-state index is 14.7. The number of aromatic hydroxyl groups is 1. The first kappa shape index (κ1) is 55.1. The van der Waals surface area contributed by atoms with Gasteiger partial charge in [0, 0.05) is 31.6 Å². The third kappa shape index (κ3) is 15.8. The summed E-state index contributed by atoms with van der Waals surface area (Å²) in [6, 6.07) is -2.24. The molecule has 0 spiro atoms. The van der Waals surface area contributed by atoms with Gasteiger partial charge >= 0.3 is 0 Å². The van der Waals surface area contributed by atoms with E-state index in [2.05, 4.69) is 37.2 Å². The fourth-order valence-electron chi connectivity index (χ4n) is 8.56. The molecule has 0 aromatic heterocycles. The highest BCUT2D eigenvalue weighted by molar-refractivity contribution is 7.99. The van der Waals surface area contributed by atoms with Crippen molar-refractivity contribution in [3.8, 4) is 5.75 Å². The molecule has 11 amide bonds. The summed E-state index contributed by atoms with van der Waals surface area (Å²) in [7, 11) is 0. The van der Waals surface area contributed by atoms with Gasteiger partial charge in [0.1, 0.15) is 47.5 Å². The summed E-state index contributed by atoms with van der Waals surface area (Å²) in [5.74, 6) is -9.09. The largest absolute Gasteiger partial charge is 0.508 e. The lowest BCUT2D eigenvalue weighted by atomic mass is 9.72. The summed E-state index contributed by atoms with van der Waals surface area (Å²) in [5, 5.41) is 28.1. The van der Waals surface area contributed by atoms with Gasteiger partial charge in [-0.3, -0.25) is 52.7 Å². The first-order valence-corrected chi connectivity index (χ1v) is 24.3. The number of hydrogen-bond donors (Lipinski definition) is 11. The topological polar surface area (TPSA) is 374 Å². The predicted octanol–water partition coefficient (Wildman–Crippen LogP) is -2.80. The molecule has 1 aliphatic carbocycles. The van der Waals surface area contributed by atoms with Gasteiger partial charge in [0.2, 0.25) is 65.0 Å². The van der Waals surface area contributed by atoms with Gasteiger partial charge < -0.3 is 64.4 Å². The van der Waals surface area contributed by atoms with Gasteiger partial charge in [-0.25, -0.2) is 0 Å². The van der Waals surface area contributed by atoms with Crippen LogP contribution in [0.4, 0.5) is 0 Å². The summed E-state index contributed by atoms with van der Waals surface area (Å²) in [4.78, 5) is 149. The molecule has 380 valence electrons. The highest BCUT2D eigenvalue weighted by Gasteiger charge is 2.63. The highest BCUT2D eigenvalue weighted by Crippen LogP contribution is 2.51. The number of amides is 11. The van der Waals surface area contributed by atoms with Crippen molar-refractivity contribution in [2.75, 3.05) is 24.6 Å². The van der Waals surface area contributed by atoms with Crippen molar-refractivity contribution >= 4 is 76.7 Å². The lowest BCUT2D eigenvalue weighted by Crippen LogP contribution is -2.65. The molecule has 1 aromatic carbocycles. The van der Waals surface area contributed by atoms with Crippen LogP contribution in [0, 0.1) is 17.8 Å². The SMILES string of the molecule is CC[C@H](C)[C@@H]1NC(=O)[C@H](Cc2ccc(O)cc2)NC(=O)CCSCC[C@@H](C(=O)N2CC3CC2(C(=O)N[C@@H](CC(C)C)C(=O)NCC(N)=O)C3)NC(=O)[C@H](CC(N)=O)NC(=O)[C@H](CCC(N)=O)NC1=O. The van der Waals surface area contributed by atoms with Gasteiger partial charge in [-0.05, 0) is 73.3 Å². The second-order valence-electron chi connectivity index (χ2n) is 18.5. The third-order valence-corrected chi connectivity index (χ3v) is 13.5. The van der Waals surface area contributed by atoms with Crippen molar-refractivity contribution in [3.63, 3.8) is 0 Å². The number of nitrogens with two attached hydrogens (primary N) is 3. The standard InChI is InChI=1S/C45H67N11O12S/c1-5-24(4)37-42(66)51-28(10-11-33(46)58)39(63)53-32(18-34(47)59)40(64)52-29(12-14-69-15-13-36(61)50-31(41(65)55-37)17-25-6-8-27(57)9-7-25)43(67)56-22-26-19-45(56,20-26)44(68)54-30(16-23(2)3)38(62)49-21-35(48)60/h6-9,23-24,26,28-32,37,57H,5,10-22H2,1-4H3,(H2,46,58)(H2,47,59)(H2,48,60)(H,49,62)(H,50,61)(H,51,66)(H,52,64)(H,53,63)(H,54,68)(H,55,65)/t24-,26?,28-,29-,30-,31-,32-,37-,45?/m0/s1. The smallest absolute Gasteiger partial charge is 0.246 e. The number of primary amides is 3. The molecule has 3 saturated heterocycles. The molecule has 0 radical (unpaired) electrons. The number of hydrogen-bond acceptors (Lipinski definition) is 13. The summed E-state index contributed by atoms with van der Waals surface area (Å²) < 4.78 is 0. The number of nitrogens with one attached hydrogen (secondary N) is 7. The molecule has 23 nitrogen and oxygen atoms in total. The molecule has 14 N–H and O–H groups in total. The number of nitrogens with zero attached hydrogens (tertiary/aromatic N) is 1. The zero-order chi connectivity index (χ0) is 51.2. The Labute approximate surface area is 404 Å². The Morgan fingerprint density at radius 3 is 2.06 bits per heavy atom. The number of thioether (sulfide) groups is 1. The van der Waals surface area contributed by atoms with Gasteiger partial charge in [0.25, 0.3) is 0 Å². The van der Waals surface area contributed by atoms with E-state index in [-0.39, 0.29) is 80.6 Å². The first-order chi connectivity index (χ1) is 32.5. The quantitative estimate of drug-likeness (QED) is 0.0753. The van der Waals surface area contributed by atoms with E-state index in [9.17, 15) is 57.8 Å². The number of fused-ring (bicyclic) bond motifs is 1. The third-order valence-electron chi connectivity index (χ3n) is 12.5. The number of benzene rings is 1. The van der Waals surface area contributed by atoms with E-state index >= 15 is 0 Å². The van der Waals surface area contributed by atoms with Crippen LogP contribution in [0.2, 0.25) is 0 Å². The van der Waals surface area contributed by atoms with Crippen LogP contribution in [0.25, 0.3) is 0 Å². The Hall–Kier alpha value is -6.46. The van der Waals surface area contributed by atoms with Crippen LogP contribution in [0.5, 0.6) is 5.75 Å². The molecule has 0 unspecified atom stereocenters. The van der Waals surface area contributed by atoms with Crippen LogP contribution in [0.3, 0.4) is 0 Å². The van der Waals surface area contributed by atoms with E-state index in [1.807, 2.05) is 13.8 Å². The van der Waals surface area contributed by atoms with Crippen molar-refractivity contribution in [2.24, 2.45) is 35.0 Å². The van der Waals surface area contributed by atoms with Gasteiger partial charge in [-0.2, -0.15) is 11.8 Å². The van der Waals surface area contributed by atoms with E-state index in [1.165, 1.54) is 28.8 Å². The second-order valence-corrected chi connectivity index (χ2v) is 19.7. The highest BCUT2D eigenvalue weighted by atomic mass is 32.2. The van der Waals surface area contributed by atoms with Gasteiger partial charge in [0.05, 0.1) is 13.0 Å². The summed E-state index contributed by atoms with van der Waals surface area (Å²) in [5.41, 5.74) is 15.3. The van der Waals surface area contributed by atoms with Gasteiger partial charge in [-0.15, -0.1) is 0 Å². The zero-order valence-corrected chi connectivity index (χ0v) is 40.2. The average Bonchev–Trinajstić information content (AvgIpc) is 3.85. The van der Waals surface area contributed by atoms with Crippen LogP contribution < -0.4 is 54.4 Å². The number of carbonyl (C=O) groups is 11. The van der Waals surface area contributed by atoms with Gasteiger partial charge in [-0.1, -0.05) is 46.2 Å². The van der Waals surface area contributed by atoms with E-state index in [0.29, 0.717) is 12.0 Å². The molecule has 4 aliphatic rings. The van der Waals surface area contributed by atoms with Crippen molar-refractivity contribution in [1.82, 2.24) is 42.1 Å². The Morgan fingerprint density at radius 1 is 0.812 bits per heavy atom. The summed E-state index contributed by atoms with van der Waals surface area (Å²) in [6.45, 7) is 6.78. The molecular weight excluding hydrogens is 919 g/mol. The van der Waals surface area contributed by atoms with Crippen molar-refractivity contribution < 1.29 is 57.8 Å². The van der Waals surface area contributed by atoms with Crippen molar-refractivity contribution in [1.29, 1.82) is 0 Å². The first-order valence-electron chi connectivity index (χ1n) is 23.1. The number of phenolic OH excluding ortho intramolecular Hbond substituents is 1. The number of carbonyl (C=O) groups excluding carboxylic acids is 11. The number of phenols is 1. The summed E-state index contributed by atoms with van der Waals surface area (Å²) in [6.07, 6.45) is -0.677. The molecule has 3 aliphatic heterocycles. The molecule has 7 atom stereocenters. The van der Waals surface area contributed by atoms with Crippen LogP contribution in [0.1, 0.15) is 91.0 Å². The minimum absolute atomic E-state index is 0.0218. The Morgan fingerprint density at radius 2 is 1.45 bits per heavy atom. The van der Waals surface area contributed by atoms with E-state index < -0.39 is 132 Å². The lowest BCUT2D eigenvalue weighted by Gasteiger charge is -2.42. The normalized spacial score (nSPS) is 25.8. The molecule has 5 rings (SSSR count). The van der Waals surface area contributed by atoms with Crippen molar-refractivity contribution in [2.45, 2.75) is 134 Å². The maximum Gasteiger partial charge on any atom is 0.246 e. The molecule has 1 aromatic rings. The predicted molar refractivity (Wildman–Crippen MR) is 250 cm³/mol. The Bertz CT molecular complexity index is 2100. The Kier molecular flexibility index (Phi) is 20.2. The monoisotopic (exact) mass is 985 g/mol. The van der Waals surface area contributed by atoms with Crippen molar-refractivity contribution in [3.05, 3.63) is 29.8 Å². The molecule has 4 fully saturated rings. The number of rotatable bonds is 17. The van der Waals surface area contributed by atoms with Crippen LogP contribution in [-0.4, -0.2) is 141 Å². The summed E-state index contributed by atoms with van der Waals surface area (Å²) >= 11 is 1.24. The zero-order valence-electron chi connectivity index (χ0n) is 39.4.